The van der Waals surface area contributed by atoms with Gasteiger partial charge in [0.15, 0.2) is 0 Å². The van der Waals surface area contributed by atoms with Crippen LogP contribution in [0, 0.1) is 6.92 Å². The molecule has 0 aliphatic heterocycles. The highest BCUT2D eigenvalue weighted by atomic mass is 79.9. The number of anilines is 2. The molecule has 116 valence electrons. The molecule has 1 heterocycles. The molecule has 1 amide bonds. The number of pyridine rings is 1. The second kappa shape index (κ2) is 6.48. The average molecular weight is 362 g/mol. The molecule has 0 saturated carbocycles. The van der Waals surface area contributed by atoms with Crippen LogP contribution in [0.2, 0.25) is 0 Å². The summed E-state index contributed by atoms with van der Waals surface area (Å²) < 4.78 is 1.02. The molecule has 2 N–H and O–H groups in total. The lowest BCUT2D eigenvalue weighted by atomic mass is 10.1. The minimum absolute atomic E-state index is 0.0638. The van der Waals surface area contributed by atoms with Crippen molar-refractivity contribution in [1.29, 1.82) is 0 Å². The maximum absolute atomic E-state index is 12.2. The lowest BCUT2D eigenvalue weighted by Crippen LogP contribution is -2.26. The molecule has 0 saturated heterocycles. The Morgan fingerprint density at radius 1 is 1.18 bits per heavy atom. The van der Waals surface area contributed by atoms with E-state index in [9.17, 15) is 4.79 Å². The Kier molecular flexibility index (Phi) is 4.86. The fourth-order valence-electron chi connectivity index (χ4n) is 1.91. The minimum Gasteiger partial charge on any atom is -0.365 e. The zero-order valence-electron chi connectivity index (χ0n) is 13.2. The Bertz CT molecular complexity index is 675. The van der Waals surface area contributed by atoms with Crippen LogP contribution < -0.4 is 10.6 Å². The number of hydrogen-bond acceptors (Lipinski definition) is 3. The van der Waals surface area contributed by atoms with E-state index in [2.05, 4.69) is 52.3 Å². The third-order valence-electron chi connectivity index (χ3n) is 2.94. The van der Waals surface area contributed by atoms with Crippen molar-refractivity contribution in [3.05, 3.63) is 52.1 Å². The van der Waals surface area contributed by atoms with Crippen LogP contribution in [0.3, 0.4) is 0 Å². The Balaban J connectivity index is 2.08. The molecule has 0 aliphatic carbocycles. The van der Waals surface area contributed by atoms with E-state index in [1.165, 1.54) is 0 Å². The first-order chi connectivity index (χ1) is 10.2. The van der Waals surface area contributed by atoms with Crippen molar-refractivity contribution in [3.8, 4) is 0 Å². The van der Waals surface area contributed by atoms with Crippen LogP contribution in [-0.2, 0) is 0 Å². The van der Waals surface area contributed by atoms with Gasteiger partial charge in [-0.3, -0.25) is 4.79 Å². The fourth-order valence-corrected chi connectivity index (χ4v) is 2.16. The molecule has 1 aromatic carbocycles. The van der Waals surface area contributed by atoms with Crippen molar-refractivity contribution < 1.29 is 4.79 Å². The average Bonchev–Trinajstić information content (AvgIpc) is 2.42. The summed E-state index contributed by atoms with van der Waals surface area (Å²) in [7, 11) is 0. The van der Waals surface area contributed by atoms with Gasteiger partial charge in [0.25, 0.3) is 5.91 Å². The van der Waals surface area contributed by atoms with E-state index >= 15 is 0 Å². The molecule has 0 fully saturated rings. The second-order valence-corrected chi connectivity index (χ2v) is 7.08. The zero-order valence-corrected chi connectivity index (χ0v) is 14.8. The molecule has 5 heteroatoms. The number of nitrogens with one attached hydrogen (secondary N) is 2. The maximum atomic E-state index is 12.2. The van der Waals surface area contributed by atoms with Crippen molar-refractivity contribution in [2.24, 2.45) is 0 Å². The first kappa shape index (κ1) is 16.5. The summed E-state index contributed by atoms with van der Waals surface area (Å²) in [6.07, 6.45) is 1.58. The molecule has 0 aliphatic rings. The van der Waals surface area contributed by atoms with Crippen LogP contribution in [-0.4, -0.2) is 16.4 Å². The molecule has 2 rings (SSSR count). The van der Waals surface area contributed by atoms with Crippen LogP contribution in [0.4, 0.5) is 11.5 Å². The van der Waals surface area contributed by atoms with Crippen LogP contribution in [0.1, 0.15) is 36.7 Å². The summed E-state index contributed by atoms with van der Waals surface area (Å²) >= 11 is 3.44. The Morgan fingerprint density at radius 3 is 2.45 bits per heavy atom. The van der Waals surface area contributed by atoms with Gasteiger partial charge in [-0.15, -0.1) is 0 Å². The van der Waals surface area contributed by atoms with Gasteiger partial charge in [0, 0.05) is 21.9 Å². The molecule has 0 atom stereocenters. The van der Waals surface area contributed by atoms with Crippen LogP contribution in [0.5, 0.6) is 0 Å². The number of carbonyl (C=O) groups is 1. The van der Waals surface area contributed by atoms with Gasteiger partial charge in [0.05, 0.1) is 5.56 Å². The molecular formula is C17H20BrN3O. The Hall–Kier alpha value is -1.88. The number of aromatic nitrogens is 1. The standard InChI is InChI=1S/C17H20BrN3O/c1-11-9-13(6-7-14(11)18)20-16(22)12-5-8-15(19-10-12)21-17(2,3)4/h5-10H,1-4H3,(H,19,21)(H,20,22). The number of amides is 1. The Morgan fingerprint density at radius 2 is 1.91 bits per heavy atom. The largest absolute Gasteiger partial charge is 0.365 e. The van der Waals surface area contributed by atoms with Gasteiger partial charge in [-0.05, 0) is 63.6 Å². The number of rotatable bonds is 3. The number of benzene rings is 1. The van der Waals surface area contributed by atoms with Crippen LogP contribution >= 0.6 is 15.9 Å². The third kappa shape index (κ3) is 4.56. The monoisotopic (exact) mass is 361 g/mol. The van der Waals surface area contributed by atoms with E-state index in [-0.39, 0.29) is 11.4 Å². The lowest BCUT2D eigenvalue weighted by Gasteiger charge is -2.21. The molecule has 22 heavy (non-hydrogen) atoms. The van der Waals surface area contributed by atoms with E-state index < -0.39 is 0 Å². The zero-order chi connectivity index (χ0) is 16.3. The van der Waals surface area contributed by atoms with Gasteiger partial charge in [0.2, 0.25) is 0 Å². The molecule has 0 bridgehead atoms. The van der Waals surface area contributed by atoms with E-state index in [0.29, 0.717) is 5.56 Å². The SMILES string of the molecule is Cc1cc(NC(=O)c2ccc(NC(C)(C)C)nc2)ccc1Br. The molecule has 4 nitrogen and oxygen atoms in total. The number of carbonyl (C=O) groups excluding carboxylic acids is 1. The predicted molar refractivity (Wildman–Crippen MR) is 94.4 cm³/mol. The number of halogens is 1. The fraction of sp³-hybridized carbons (Fsp3) is 0.294. The first-order valence-electron chi connectivity index (χ1n) is 7.06. The molecule has 1 aromatic heterocycles. The molecule has 0 unspecified atom stereocenters. The summed E-state index contributed by atoms with van der Waals surface area (Å²) in [6, 6.07) is 9.28. The van der Waals surface area contributed by atoms with Gasteiger partial charge in [-0.25, -0.2) is 4.98 Å². The van der Waals surface area contributed by atoms with Crippen LogP contribution in [0.25, 0.3) is 0 Å². The van der Waals surface area contributed by atoms with Gasteiger partial charge >= 0.3 is 0 Å². The molecular weight excluding hydrogens is 342 g/mol. The lowest BCUT2D eigenvalue weighted by molar-refractivity contribution is 0.102. The second-order valence-electron chi connectivity index (χ2n) is 6.23. The van der Waals surface area contributed by atoms with E-state index in [1.807, 2.05) is 31.2 Å². The normalized spacial score (nSPS) is 11.1. The Labute approximate surface area is 139 Å². The van der Waals surface area contributed by atoms with Crippen molar-refractivity contribution in [2.75, 3.05) is 10.6 Å². The summed E-state index contributed by atoms with van der Waals surface area (Å²) in [6.45, 7) is 8.16. The quantitative estimate of drug-likeness (QED) is 0.838. The first-order valence-corrected chi connectivity index (χ1v) is 7.86. The number of nitrogens with zero attached hydrogens (tertiary/aromatic N) is 1. The molecule has 0 spiro atoms. The topological polar surface area (TPSA) is 54.0 Å². The van der Waals surface area contributed by atoms with Crippen LogP contribution in [0.15, 0.2) is 41.0 Å². The third-order valence-corrected chi connectivity index (χ3v) is 3.83. The van der Waals surface area contributed by atoms with Gasteiger partial charge in [-0.2, -0.15) is 0 Å². The smallest absolute Gasteiger partial charge is 0.257 e. The van der Waals surface area contributed by atoms with Gasteiger partial charge in [-0.1, -0.05) is 15.9 Å². The van der Waals surface area contributed by atoms with E-state index in [1.54, 1.807) is 12.3 Å². The summed E-state index contributed by atoms with van der Waals surface area (Å²) in [5.74, 6) is 0.583. The number of hydrogen-bond donors (Lipinski definition) is 2. The van der Waals surface area contributed by atoms with E-state index in [0.717, 1.165) is 21.5 Å². The highest BCUT2D eigenvalue weighted by Gasteiger charge is 2.11. The predicted octanol–water partition coefficient (Wildman–Crippen LogP) is 4.62. The number of aryl methyl sites for hydroxylation is 1. The van der Waals surface area contributed by atoms with Crippen molar-refractivity contribution in [2.45, 2.75) is 33.2 Å². The van der Waals surface area contributed by atoms with Crippen molar-refractivity contribution >= 4 is 33.3 Å². The summed E-state index contributed by atoms with van der Waals surface area (Å²) in [5, 5.41) is 6.14. The summed E-state index contributed by atoms with van der Waals surface area (Å²) in [4.78, 5) is 16.5. The minimum atomic E-state index is -0.170. The van der Waals surface area contributed by atoms with Crippen molar-refractivity contribution in [1.82, 2.24) is 4.98 Å². The van der Waals surface area contributed by atoms with Gasteiger partial charge < -0.3 is 10.6 Å². The maximum Gasteiger partial charge on any atom is 0.257 e. The van der Waals surface area contributed by atoms with E-state index in [4.69, 9.17) is 0 Å². The highest BCUT2D eigenvalue weighted by molar-refractivity contribution is 9.10. The summed E-state index contributed by atoms with van der Waals surface area (Å²) in [5.41, 5.74) is 2.30. The molecule has 0 radical (unpaired) electrons. The van der Waals surface area contributed by atoms with Gasteiger partial charge in [0.1, 0.15) is 5.82 Å². The van der Waals surface area contributed by atoms with Crippen molar-refractivity contribution in [3.63, 3.8) is 0 Å². The highest BCUT2D eigenvalue weighted by Crippen LogP contribution is 2.20. The molecule has 2 aromatic rings.